The Morgan fingerprint density at radius 3 is 0.879 bits per heavy atom. The SMILES string of the molecule is CCCCCCCCCCCCCCCCCCCCCCCCC(=O)OC(COC(=O)CCCCCCCCCCCCCCCCCCCC)COP(=O)(O)O. The lowest BCUT2D eigenvalue weighted by atomic mass is 10.0. The molecule has 0 aromatic heterocycles. The summed E-state index contributed by atoms with van der Waals surface area (Å²) in [5.41, 5.74) is 0. The zero-order valence-corrected chi connectivity index (χ0v) is 39.4. The standard InChI is InChI=1S/C49H97O8P/c1-3-5-7-9-11-13-15-17-19-21-23-24-25-26-28-30-32-34-36-38-40-42-44-49(51)57-47(46-56-58(52,53)54)45-55-48(50)43-41-39-37-35-33-31-29-27-22-20-18-16-14-12-10-8-6-4-2/h47H,3-46H2,1-2H3,(H2,52,53,54). The van der Waals surface area contributed by atoms with E-state index >= 15 is 0 Å². The number of unbranched alkanes of at least 4 members (excludes halogenated alkanes) is 38. The second-order valence-corrected chi connectivity index (χ2v) is 18.8. The number of ether oxygens (including phenoxy) is 2. The van der Waals surface area contributed by atoms with Crippen LogP contribution >= 0.6 is 7.82 Å². The third-order valence-electron chi connectivity index (χ3n) is 11.6. The molecule has 0 fully saturated rings. The second-order valence-electron chi connectivity index (χ2n) is 17.5. The number of carbonyl (C=O) groups excluding carboxylic acids is 2. The van der Waals surface area contributed by atoms with Crippen molar-refractivity contribution < 1.29 is 37.9 Å². The van der Waals surface area contributed by atoms with Crippen molar-refractivity contribution in [3.05, 3.63) is 0 Å². The van der Waals surface area contributed by atoms with Crippen LogP contribution in [0.1, 0.15) is 284 Å². The van der Waals surface area contributed by atoms with Gasteiger partial charge in [-0.05, 0) is 12.8 Å². The van der Waals surface area contributed by atoms with Gasteiger partial charge < -0.3 is 19.3 Å². The first-order chi connectivity index (χ1) is 28.3. The minimum absolute atomic E-state index is 0.221. The highest BCUT2D eigenvalue weighted by Crippen LogP contribution is 2.36. The maximum absolute atomic E-state index is 12.5. The van der Waals surface area contributed by atoms with E-state index in [9.17, 15) is 14.2 Å². The molecule has 0 amide bonds. The molecule has 58 heavy (non-hydrogen) atoms. The van der Waals surface area contributed by atoms with Gasteiger partial charge in [-0.3, -0.25) is 14.1 Å². The van der Waals surface area contributed by atoms with Crippen molar-refractivity contribution in [2.24, 2.45) is 0 Å². The third kappa shape index (κ3) is 47.7. The Morgan fingerprint density at radius 2 is 0.621 bits per heavy atom. The molecule has 0 radical (unpaired) electrons. The average molecular weight is 845 g/mol. The molecule has 0 saturated heterocycles. The topological polar surface area (TPSA) is 119 Å². The highest BCUT2D eigenvalue weighted by molar-refractivity contribution is 7.46. The lowest BCUT2D eigenvalue weighted by molar-refractivity contribution is -0.161. The summed E-state index contributed by atoms with van der Waals surface area (Å²) in [5, 5.41) is 0. The molecular weight excluding hydrogens is 748 g/mol. The van der Waals surface area contributed by atoms with Gasteiger partial charge in [-0.2, -0.15) is 0 Å². The quantitative estimate of drug-likeness (QED) is 0.0353. The summed E-state index contributed by atoms with van der Waals surface area (Å²) in [7, 11) is -4.75. The van der Waals surface area contributed by atoms with Crippen LogP contribution in [-0.4, -0.2) is 41.0 Å². The van der Waals surface area contributed by atoms with E-state index in [1.807, 2.05) is 0 Å². The van der Waals surface area contributed by atoms with E-state index in [2.05, 4.69) is 18.4 Å². The zero-order valence-electron chi connectivity index (χ0n) is 38.5. The predicted octanol–water partition coefficient (Wildman–Crippen LogP) is 16.0. The Morgan fingerprint density at radius 1 is 0.379 bits per heavy atom. The van der Waals surface area contributed by atoms with Crippen LogP contribution < -0.4 is 0 Å². The zero-order chi connectivity index (χ0) is 42.5. The molecule has 0 aliphatic heterocycles. The first-order valence-corrected chi connectivity index (χ1v) is 26.9. The van der Waals surface area contributed by atoms with Crippen LogP contribution in [0.4, 0.5) is 0 Å². The summed E-state index contributed by atoms with van der Waals surface area (Å²) >= 11 is 0. The minimum Gasteiger partial charge on any atom is -0.462 e. The van der Waals surface area contributed by atoms with Crippen LogP contribution in [0, 0.1) is 0 Å². The summed E-state index contributed by atoms with van der Waals surface area (Å²) in [4.78, 5) is 43.1. The maximum atomic E-state index is 12.5. The molecule has 0 aromatic carbocycles. The summed E-state index contributed by atoms with van der Waals surface area (Å²) in [6, 6.07) is 0. The maximum Gasteiger partial charge on any atom is 0.469 e. The summed E-state index contributed by atoms with van der Waals surface area (Å²) in [6.07, 6.45) is 51.2. The first-order valence-electron chi connectivity index (χ1n) is 25.3. The fraction of sp³-hybridized carbons (Fsp3) is 0.959. The normalized spacial score (nSPS) is 12.3. The van der Waals surface area contributed by atoms with Crippen LogP contribution in [0.25, 0.3) is 0 Å². The average Bonchev–Trinajstić information content (AvgIpc) is 3.20. The number of esters is 2. The molecule has 0 rings (SSSR count). The van der Waals surface area contributed by atoms with Gasteiger partial charge in [-0.1, -0.05) is 258 Å². The van der Waals surface area contributed by atoms with E-state index in [1.165, 1.54) is 218 Å². The van der Waals surface area contributed by atoms with Crippen molar-refractivity contribution in [2.45, 2.75) is 290 Å². The fourth-order valence-electron chi connectivity index (χ4n) is 7.85. The van der Waals surface area contributed by atoms with Crippen molar-refractivity contribution in [1.82, 2.24) is 0 Å². The molecule has 346 valence electrons. The van der Waals surface area contributed by atoms with Crippen LogP contribution in [0.15, 0.2) is 0 Å². The van der Waals surface area contributed by atoms with E-state index in [4.69, 9.17) is 19.3 Å². The van der Waals surface area contributed by atoms with Crippen LogP contribution in [0.3, 0.4) is 0 Å². The molecular formula is C49H97O8P. The van der Waals surface area contributed by atoms with Crippen LogP contribution in [0.5, 0.6) is 0 Å². The Bertz CT molecular complexity index is 909. The molecule has 0 spiro atoms. The highest BCUT2D eigenvalue weighted by atomic mass is 31.2. The molecule has 0 aliphatic carbocycles. The van der Waals surface area contributed by atoms with E-state index in [-0.39, 0.29) is 19.4 Å². The lowest BCUT2D eigenvalue weighted by Crippen LogP contribution is -2.29. The van der Waals surface area contributed by atoms with E-state index in [0.29, 0.717) is 6.42 Å². The molecule has 0 saturated carbocycles. The van der Waals surface area contributed by atoms with Crippen molar-refractivity contribution in [3.63, 3.8) is 0 Å². The Kier molecular flexibility index (Phi) is 44.8. The molecule has 9 heteroatoms. The van der Waals surface area contributed by atoms with Gasteiger partial charge in [0.1, 0.15) is 6.61 Å². The third-order valence-corrected chi connectivity index (χ3v) is 12.1. The van der Waals surface area contributed by atoms with Crippen molar-refractivity contribution in [2.75, 3.05) is 13.2 Å². The van der Waals surface area contributed by atoms with Gasteiger partial charge in [0.15, 0.2) is 6.10 Å². The van der Waals surface area contributed by atoms with Crippen molar-refractivity contribution >= 4 is 19.8 Å². The molecule has 0 heterocycles. The molecule has 0 bridgehead atoms. The molecule has 2 N–H and O–H groups in total. The molecule has 1 atom stereocenters. The number of hydrogen-bond donors (Lipinski definition) is 2. The van der Waals surface area contributed by atoms with Gasteiger partial charge in [0.05, 0.1) is 6.61 Å². The first kappa shape index (κ1) is 57.1. The van der Waals surface area contributed by atoms with Crippen LogP contribution in [-0.2, 0) is 28.2 Å². The van der Waals surface area contributed by atoms with E-state index in [1.54, 1.807) is 0 Å². The Labute approximate surface area is 359 Å². The molecule has 0 aliphatic rings. The van der Waals surface area contributed by atoms with Gasteiger partial charge in [0.2, 0.25) is 0 Å². The lowest BCUT2D eigenvalue weighted by Gasteiger charge is -2.18. The Balaban J connectivity index is 3.76. The number of hydrogen-bond acceptors (Lipinski definition) is 6. The Hall–Kier alpha value is -0.950. The van der Waals surface area contributed by atoms with Crippen molar-refractivity contribution in [3.8, 4) is 0 Å². The van der Waals surface area contributed by atoms with Crippen molar-refractivity contribution in [1.29, 1.82) is 0 Å². The van der Waals surface area contributed by atoms with Gasteiger partial charge in [0, 0.05) is 12.8 Å². The van der Waals surface area contributed by atoms with Gasteiger partial charge in [-0.15, -0.1) is 0 Å². The molecule has 1 unspecified atom stereocenters. The summed E-state index contributed by atoms with van der Waals surface area (Å²) in [5.74, 6) is -0.861. The van der Waals surface area contributed by atoms with Gasteiger partial charge in [-0.25, -0.2) is 4.57 Å². The smallest absolute Gasteiger partial charge is 0.462 e. The number of rotatable bonds is 48. The number of phosphoric acid groups is 1. The van der Waals surface area contributed by atoms with E-state index < -0.39 is 32.5 Å². The minimum atomic E-state index is -4.75. The largest absolute Gasteiger partial charge is 0.469 e. The van der Waals surface area contributed by atoms with Crippen LogP contribution in [0.2, 0.25) is 0 Å². The fourth-order valence-corrected chi connectivity index (χ4v) is 8.21. The highest BCUT2D eigenvalue weighted by Gasteiger charge is 2.23. The second kappa shape index (κ2) is 45.6. The molecule has 8 nitrogen and oxygen atoms in total. The monoisotopic (exact) mass is 845 g/mol. The van der Waals surface area contributed by atoms with E-state index in [0.717, 1.165) is 32.1 Å². The van der Waals surface area contributed by atoms with Gasteiger partial charge in [0.25, 0.3) is 0 Å². The molecule has 0 aromatic rings. The predicted molar refractivity (Wildman–Crippen MR) is 244 cm³/mol. The summed E-state index contributed by atoms with van der Waals surface area (Å²) in [6.45, 7) is 3.75. The number of phosphoric ester groups is 1. The van der Waals surface area contributed by atoms with Gasteiger partial charge >= 0.3 is 19.8 Å². The summed E-state index contributed by atoms with van der Waals surface area (Å²) < 4.78 is 26.5. The number of carbonyl (C=O) groups is 2.